The van der Waals surface area contributed by atoms with Crippen LogP contribution in [0.3, 0.4) is 0 Å². The standard InChI is InChI=1S/C12H13N3O2S/c1-7-3-4-13-10(5-7)15-12-14-8(2)9(18-12)6-11(16)17/h3-5H,6H2,1-2H3,(H,16,17)(H,13,14,15). The molecule has 0 spiro atoms. The SMILES string of the molecule is Cc1ccnc(Nc2nc(C)c(CC(=O)O)s2)c1. The summed E-state index contributed by atoms with van der Waals surface area (Å²) in [6, 6.07) is 3.82. The molecule has 2 aromatic heterocycles. The Hall–Kier alpha value is -1.95. The lowest BCUT2D eigenvalue weighted by Crippen LogP contribution is -1.99. The summed E-state index contributed by atoms with van der Waals surface area (Å²) in [6.45, 7) is 3.79. The average Bonchev–Trinajstić information content (AvgIpc) is 2.58. The van der Waals surface area contributed by atoms with Crippen LogP contribution < -0.4 is 5.32 Å². The molecule has 2 rings (SSSR count). The number of carboxylic acid groups (broad SMARTS) is 1. The normalized spacial score (nSPS) is 10.3. The highest BCUT2D eigenvalue weighted by Crippen LogP contribution is 2.25. The van der Waals surface area contributed by atoms with Crippen LogP contribution in [0.15, 0.2) is 18.3 Å². The van der Waals surface area contributed by atoms with E-state index < -0.39 is 5.97 Å². The summed E-state index contributed by atoms with van der Waals surface area (Å²) in [4.78, 5) is 19.9. The number of aliphatic carboxylic acids is 1. The second kappa shape index (κ2) is 5.14. The predicted molar refractivity (Wildman–Crippen MR) is 70.4 cm³/mol. The molecule has 0 unspecified atom stereocenters. The van der Waals surface area contributed by atoms with Crippen molar-refractivity contribution in [2.24, 2.45) is 0 Å². The minimum atomic E-state index is -0.845. The highest BCUT2D eigenvalue weighted by molar-refractivity contribution is 7.15. The first-order chi connectivity index (χ1) is 8.54. The van der Waals surface area contributed by atoms with Gasteiger partial charge in [-0.05, 0) is 31.5 Å². The van der Waals surface area contributed by atoms with Crippen molar-refractivity contribution in [2.75, 3.05) is 5.32 Å². The Balaban J connectivity index is 2.17. The number of aryl methyl sites for hydroxylation is 2. The van der Waals surface area contributed by atoms with Gasteiger partial charge < -0.3 is 10.4 Å². The molecule has 5 nitrogen and oxygen atoms in total. The van der Waals surface area contributed by atoms with Crippen LogP contribution in [-0.4, -0.2) is 21.0 Å². The van der Waals surface area contributed by atoms with E-state index >= 15 is 0 Å². The molecule has 2 aromatic rings. The molecule has 0 aromatic carbocycles. The Morgan fingerprint density at radius 1 is 1.50 bits per heavy atom. The van der Waals surface area contributed by atoms with Crippen LogP contribution in [0.1, 0.15) is 16.1 Å². The molecular weight excluding hydrogens is 250 g/mol. The molecule has 2 heterocycles. The van der Waals surface area contributed by atoms with Gasteiger partial charge in [0.15, 0.2) is 5.13 Å². The Kier molecular flexibility index (Phi) is 3.57. The molecule has 0 fully saturated rings. The van der Waals surface area contributed by atoms with Gasteiger partial charge in [0.05, 0.1) is 12.1 Å². The second-order valence-electron chi connectivity index (χ2n) is 3.94. The summed E-state index contributed by atoms with van der Waals surface area (Å²) in [5.41, 5.74) is 1.85. The maximum Gasteiger partial charge on any atom is 0.308 e. The van der Waals surface area contributed by atoms with E-state index in [9.17, 15) is 4.79 Å². The third-order valence-electron chi connectivity index (χ3n) is 2.35. The maximum absolute atomic E-state index is 10.7. The highest BCUT2D eigenvalue weighted by atomic mass is 32.1. The zero-order chi connectivity index (χ0) is 13.1. The zero-order valence-corrected chi connectivity index (χ0v) is 10.9. The largest absolute Gasteiger partial charge is 0.481 e. The van der Waals surface area contributed by atoms with Crippen molar-refractivity contribution in [1.29, 1.82) is 0 Å². The number of nitrogens with one attached hydrogen (secondary N) is 1. The number of nitrogens with zero attached hydrogens (tertiary/aromatic N) is 2. The fourth-order valence-corrected chi connectivity index (χ4v) is 2.46. The van der Waals surface area contributed by atoms with E-state index in [1.165, 1.54) is 11.3 Å². The van der Waals surface area contributed by atoms with E-state index in [-0.39, 0.29) is 6.42 Å². The van der Waals surface area contributed by atoms with Gasteiger partial charge in [0, 0.05) is 11.1 Å². The molecule has 94 valence electrons. The lowest BCUT2D eigenvalue weighted by Gasteiger charge is -2.01. The van der Waals surface area contributed by atoms with Crippen LogP contribution in [0, 0.1) is 13.8 Å². The van der Waals surface area contributed by atoms with E-state index in [0.717, 1.165) is 16.1 Å². The fraction of sp³-hybridized carbons (Fsp3) is 0.250. The Labute approximate surface area is 109 Å². The predicted octanol–water partition coefficient (Wildman–Crippen LogP) is 2.53. The zero-order valence-electron chi connectivity index (χ0n) is 10.1. The van der Waals surface area contributed by atoms with Crippen molar-refractivity contribution in [1.82, 2.24) is 9.97 Å². The van der Waals surface area contributed by atoms with Gasteiger partial charge in [-0.2, -0.15) is 0 Å². The number of aromatic nitrogens is 2. The molecule has 0 amide bonds. The van der Waals surface area contributed by atoms with Crippen LogP contribution in [0.25, 0.3) is 0 Å². The van der Waals surface area contributed by atoms with Crippen LogP contribution in [0.2, 0.25) is 0 Å². The fourth-order valence-electron chi connectivity index (χ4n) is 1.50. The molecule has 0 atom stereocenters. The van der Waals surface area contributed by atoms with Gasteiger partial charge in [-0.25, -0.2) is 9.97 Å². The number of pyridine rings is 1. The molecule has 0 saturated carbocycles. The van der Waals surface area contributed by atoms with Crippen molar-refractivity contribution in [2.45, 2.75) is 20.3 Å². The molecule has 2 N–H and O–H groups in total. The van der Waals surface area contributed by atoms with Crippen molar-refractivity contribution in [3.63, 3.8) is 0 Å². The van der Waals surface area contributed by atoms with Crippen molar-refractivity contribution >= 4 is 28.3 Å². The summed E-state index contributed by atoms with van der Waals surface area (Å²) in [5, 5.41) is 12.5. The molecule has 0 aliphatic rings. The molecule has 6 heteroatoms. The summed E-state index contributed by atoms with van der Waals surface area (Å²) in [5.74, 6) is -0.132. The first-order valence-corrected chi connectivity index (χ1v) is 6.24. The Morgan fingerprint density at radius 2 is 2.28 bits per heavy atom. The summed E-state index contributed by atoms with van der Waals surface area (Å²) < 4.78 is 0. The van der Waals surface area contributed by atoms with E-state index in [1.54, 1.807) is 6.20 Å². The molecule has 0 bridgehead atoms. The van der Waals surface area contributed by atoms with E-state index in [2.05, 4.69) is 15.3 Å². The van der Waals surface area contributed by atoms with Crippen molar-refractivity contribution in [3.8, 4) is 0 Å². The minimum Gasteiger partial charge on any atom is -0.481 e. The molecule has 0 aliphatic carbocycles. The van der Waals surface area contributed by atoms with Gasteiger partial charge in [-0.3, -0.25) is 4.79 Å². The lowest BCUT2D eigenvalue weighted by atomic mass is 10.3. The first kappa shape index (κ1) is 12.5. The monoisotopic (exact) mass is 263 g/mol. The van der Waals surface area contributed by atoms with Gasteiger partial charge in [0.1, 0.15) is 5.82 Å². The van der Waals surface area contributed by atoms with Crippen molar-refractivity contribution in [3.05, 3.63) is 34.5 Å². The van der Waals surface area contributed by atoms with Gasteiger partial charge in [0.25, 0.3) is 0 Å². The third-order valence-corrected chi connectivity index (χ3v) is 3.43. The highest BCUT2D eigenvalue weighted by Gasteiger charge is 2.11. The van der Waals surface area contributed by atoms with Gasteiger partial charge in [0.2, 0.25) is 0 Å². The molecule has 0 radical (unpaired) electrons. The number of hydrogen-bond donors (Lipinski definition) is 2. The molecule has 0 aliphatic heterocycles. The maximum atomic E-state index is 10.7. The number of carboxylic acids is 1. The Morgan fingerprint density at radius 3 is 2.94 bits per heavy atom. The van der Waals surface area contributed by atoms with E-state index in [0.29, 0.717) is 10.9 Å². The van der Waals surface area contributed by atoms with Crippen molar-refractivity contribution < 1.29 is 9.90 Å². The van der Waals surface area contributed by atoms with Crippen LogP contribution >= 0.6 is 11.3 Å². The smallest absolute Gasteiger partial charge is 0.308 e. The number of thiazole rings is 1. The molecular formula is C12H13N3O2S. The van der Waals surface area contributed by atoms with Gasteiger partial charge in [-0.15, -0.1) is 11.3 Å². The minimum absolute atomic E-state index is 0.00638. The van der Waals surface area contributed by atoms with E-state index in [4.69, 9.17) is 5.11 Å². The lowest BCUT2D eigenvalue weighted by molar-refractivity contribution is -0.136. The third kappa shape index (κ3) is 3.04. The first-order valence-electron chi connectivity index (χ1n) is 5.42. The van der Waals surface area contributed by atoms with Crippen LogP contribution in [-0.2, 0) is 11.2 Å². The van der Waals surface area contributed by atoms with Gasteiger partial charge in [-0.1, -0.05) is 0 Å². The Bertz CT molecular complexity index is 580. The molecule has 18 heavy (non-hydrogen) atoms. The topological polar surface area (TPSA) is 75.1 Å². The number of rotatable bonds is 4. The average molecular weight is 263 g/mol. The van der Waals surface area contributed by atoms with Gasteiger partial charge >= 0.3 is 5.97 Å². The number of hydrogen-bond acceptors (Lipinski definition) is 5. The molecule has 0 saturated heterocycles. The summed E-state index contributed by atoms with van der Waals surface area (Å²) >= 11 is 1.35. The number of anilines is 2. The van der Waals surface area contributed by atoms with Crippen LogP contribution in [0.4, 0.5) is 10.9 Å². The second-order valence-corrected chi connectivity index (χ2v) is 5.03. The van der Waals surface area contributed by atoms with E-state index in [1.807, 2.05) is 26.0 Å². The summed E-state index contributed by atoms with van der Waals surface area (Å²) in [6.07, 6.45) is 1.72. The summed E-state index contributed by atoms with van der Waals surface area (Å²) in [7, 11) is 0. The quantitative estimate of drug-likeness (QED) is 0.886. The number of carbonyl (C=O) groups is 1. The van der Waals surface area contributed by atoms with Crippen LogP contribution in [0.5, 0.6) is 0 Å².